The van der Waals surface area contributed by atoms with Crippen molar-refractivity contribution in [1.82, 2.24) is 0 Å². The van der Waals surface area contributed by atoms with Gasteiger partial charge in [-0.05, 0) is 54.4 Å². The molecule has 1 unspecified atom stereocenters. The van der Waals surface area contributed by atoms with E-state index in [9.17, 15) is 9.90 Å². The number of phenols is 1. The summed E-state index contributed by atoms with van der Waals surface area (Å²) >= 11 is 0. The highest BCUT2D eigenvalue weighted by Gasteiger charge is 2.40. The number of aromatic hydroxyl groups is 1. The summed E-state index contributed by atoms with van der Waals surface area (Å²) in [5.74, 6) is 1.51. The summed E-state index contributed by atoms with van der Waals surface area (Å²) in [6.07, 6.45) is 3.53. The van der Waals surface area contributed by atoms with Crippen molar-refractivity contribution in [2.45, 2.75) is 52.4 Å². The lowest BCUT2D eigenvalue weighted by Gasteiger charge is -2.44. The summed E-state index contributed by atoms with van der Waals surface area (Å²) in [6.45, 7) is 8.42. The molecule has 0 spiro atoms. The first-order chi connectivity index (χ1) is 8.86. The van der Waals surface area contributed by atoms with E-state index in [2.05, 4.69) is 20.8 Å². The van der Waals surface area contributed by atoms with E-state index in [1.165, 1.54) is 12.8 Å². The van der Waals surface area contributed by atoms with Gasteiger partial charge in [-0.1, -0.05) is 33.6 Å². The van der Waals surface area contributed by atoms with Gasteiger partial charge in [0.2, 0.25) is 0 Å². The molecule has 0 aliphatic heterocycles. The fourth-order valence-corrected chi connectivity index (χ4v) is 3.59. The molecule has 1 saturated carbocycles. The van der Waals surface area contributed by atoms with Crippen molar-refractivity contribution in [2.24, 2.45) is 11.8 Å². The fourth-order valence-electron chi connectivity index (χ4n) is 3.59. The number of carbonyl (C=O) groups is 1. The molecule has 1 aliphatic rings. The SMILES string of the molecule is CC(=O)c1ccc(O)cc1C1(C)CCC[C@H](C)[C@@H]1C. The molecule has 104 valence electrons. The lowest BCUT2D eigenvalue weighted by Crippen LogP contribution is -2.39. The van der Waals surface area contributed by atoms with Gasteiger partial charge in [0, 0.05) is 5.56 Å². The Morgan fingerprint density at radius 1 is 1.37 bits per heavy atom. The van der Waals surface area contributed by atoms with E-state index < -0.39 is 0 Å². The van der Waals surface area contributed by atoms with E-state index >= 15 is 0 Å². The van der Waals surface area contributed by atoms with Gasteiger partial charge in [-0.3, -0.25) is 4.79 Å². The predicted octanol–water partition coefficient (Wildman–Crippen LogP) is 4.31. The van der Waals surface area contributed by atoms with E-state index in [0.29, 0.717) is 11.8 Å². The maximum Gasteiger partial charge on any atom is 0.160 e. The molecule has 2 rings (SSSR count). The molecule has 19 heavy (non-hydrogen) atoms. The first kappa shape index (κ1) is 14.1. The number of hydrogen-bond acceptors (Lipinski definition) is 2. The van der Waals surface area contributed by atoms with Crippen molar-refractivity contribution in [1.29, 1.82) is 0 Å². The van der Waals surface area contributed by atoms with Gasteiger partial charge < -0.3 is 5.11 Å². The summed E-state index contributed by atoms with van der Waals surface area (Å²) in [5.41, 5.74) is 1.78. The molecule has 1 fully saturated rings. The van der Waals surface area contributed by atoms with Crippen molar-refractivity contribution in [3.63, 3.8) is 0 Å². The van der Waals surface area contributed by atoms with Gasteiger partial charge in [0.15, 0.2) is 5.78 Å². The van der Waals surface area contributed by atoms with Crippen LogP contribution >= 0.6 is 0 Å². The van der Waals surface area contributed by atoms with Gasteiger partial charge in [-0.15, -0.1) is 0 Å². The molecule has 0 radical (unpaired) electrons. The maximum absolute atomic E-state index is 11.9. The number of Topliss-reactive ketones (excluding diaryl/α,β-unsaturated/α-hetero) is 1. The molecule has 3 atom stereocenters. The van der Waals surface area contributed by atoms with Crippen LogP contribution in [0.4, 0.5) is 0 Å². The quantitative estimate of drug-likeness (QED) is 0.805. The largest absolute Gasteiger partial charge is 0.508 e. The molecule has 0 aromatic heterocycles. The Kier molecular flexibility index (Phi) is 3.71. The molecule has 1 aromatic rings. The average Bonchev–Trinajstić information content (AvgIpc) is 2.35. The number of carbonyl (C=O) groups excluding carboxylic acids is 1. The second-order valence-electron chi connectivity index (χ2n) is 6.36. The van der Waals surface area contributed by atoms with E-state index in [-0.39, 0.29) is 16.9 Å². The summed E-state index contributed by atoms with van der Waals surface area (Å²) in [7, 11) is 0. The molecule has 1 aliphatic carbocycles. The summed E-state index contributed by atoms with van der Waals surface area (Å²) in [4.78, 5) is 11.9. The van der Waals surface area contributed by atoms with Crippen LogP contribution in [-0.4, -0.2) is 10.9 Å². The number of hydrogen-bond donors (Lipinski definition) is 1. The second-order valence-corrected chi connectivity index (χ2v) is 6.36. The van der Waals surface area contributed by atoms with Crippen LogP contribution in [0.25, 0.3) is 0 Å². The van der Waals surface area contributed by atoms with Crippen LogP contribution < -0.4 is 0 Å². The lowest BCUT2D eigenvalue weighted by atomic mass is 9.60. The minimum atomic E-state index is -0.0165. The first-order valence-electron chi connectivity index (χ1n) is 7.20. The lowest BCUT2D eigenvalue weighted by molar-refractivity contribution is 0.100. The molecule has 0 bridgehead atoms. The topological polar surface area (TPSA) is 37.3 Å². The second kappa shape index (κ2) is 4.99. The van der Waals surface area contributed by atoms with Crippen molar-refractivity contribution in [3.05, 3.63) is 29.3 Å². The number of rotatable bonds is 2. The van der Waals surface area contributed by atoms with Crippen LogP contribution in [-0.2, 0) is 5.41 Å². The smallest absolute Gasteiger partial charge is 0.160 e. The van der Waals surface area contributed by atoms with Crippen molar-refractivity contribution < 1.29 is 9.90 Å². The molecule has 0 amide bonds. The highest BCUT2D eigenvalue weighted by atomic mass is 16.3. The van der Waals surface area contributed by atoms with Gasteiger partial charge in [-0.2, -0.15) is 0 Å². The number of ketones is 1. The zero-order valence-electron chi connectivity index (χ0n) is 12.4. The average molecular weight is 260 g/mol. The first-order valence-corrected chi connectivity index (χ1v) is 7.20. The third-order valence-corrected chi connectivity index (χ3v) is 5.21. The van der Waals surface area contributed by atoms with Crippen LogP contribution in [0.1, 0.15) is 62.9 Å². The third-order valence-electron chi connectivity index (χ3n) is 5.21. The number of benzene rings is 1. The summed E-state index contributed by atoms with van der Waals surface area (Å²) < 4.78 is 0. The molecule has 1 aromatic carbocycles. The standard InChI is InChI=1S/C17H24O2/c1-11-6-5-9-17(4,12(11)2)16-10-14(19)7-8-15(16)13(3)18/h7-8,10-12,19H,5-6,9H2,1-4H3/t11-,12-,17?/m0/s1. The molecule has 0 saturated heterocycles. The van der Waals surface area contributed by atoms with Crippen LogP contribution in [0.2, 0.25) is 0 Å². The fraction of sp³-hybridized carbons (Fsp3) is 0.588. The maximum atomic E-state index is 11.9. The molecule has 2 heteroatoms. The zero-order valence-corrected chi connectivity index (χ0v) is 12.4. The highest BCUT2D eigenvalue weighted by Crippen LogP contribution is 2.47. The van der Waals surface area contributed by atoms with E-state index in [1.54, 1.807) is 25.1 Å². The monoisotopic (exact) mass is 260 g/mol. The predicted molar refractivity (Wildman–Crippen MR) is 77.6 cm³/mol. The molecule has 1 N–H and O–H groups in total. The van der Waals surface area contributed by atoms with Gasteiger partial charge in [0.25, 0.3) is 0 Å². The van der Waals surface area contributed by atoms with Crippen molar-refractivity contribution in [2.75, 3.05) is 0 Å². The van der Waals surface area contributed by atoms with Gasteiger partial charge in [0.1, 0.15) is 5.75 Å². The van der Waals surface area contributed by atoms with Crippen LogP contribution in [0, 0.1) is 11.8 Å². The van der Waals surface area contributed by atoms with Crippen LogP contribution in [0.3, 0.4) is 0 Å². The highest BCUT2D eigenvalue weighted by molar-refractivity contribution is 5.96. The Bertz CT molecular complexity index is 492. The number of phenolic OH excluding ortho intramolecular Hbond substituents is 1. The van der Waals surface area contributed by atoms with Crippen molar-refractivity contribution in [3.8, 4) is 5.75 Å². The van der Waals surface area contributed by atoms with Crippen LogP contribution in [0.15, 0.2) is 18.2 Å². The minimum absolute atomic E-state index is 0.0165. The van der Waals surface area contributed by atoms with Crippen LogP contribution in [0.5, 0.6) is 5.75 Å². The minimum Gasteiger partial charge on any atom is -0.508 e. The Morgan fingerprint density at radius 3 is 2.68 bits per heavy atom. The summed E-state index contributed by atoms with van der Waals surface area (Å²) in [6, 6.07) is 5.18. The Morgan fingerprint density at radius 2 is 2.05 bits per heavy atom. The van der Waals surface area contributed by atoms with Gasteiger partial charge in [-0.25, -0.2) is 0 Å². The normalized spacial score (nSPS) is 31.2. The molecular weight excluding hydrogens is 236 g/mol. The van der Waals surface area contributed by atoms with Crippen molar-refractivity contribution >= 4 is 5.78 Å². The van der Waals surface area contributed by atoms with Gasteiger partial charge in [0.05, 0.1) is 0 Å². The third kappa shape index (κ3) is 2.41. The molecule has 2 nitrogen and oxygen atoms in total. The summed E-state index contributed by atoms with van der Waals surface area (Å²) in [5, 5.41) is 9.81. The van der Waals surface area contributed by atoms with Gasteiger partial charge >= 0.3 is 0 Å². The van der Waals surface area contributed by atoms with E-state index in [0.717, 1.165) is 17.5 Å². The Hall–Kier alpha value is -1.31. The Labute approximate surface area is 115 Å². The zero-order chi connectivity index (χ0) is 14.2. The Balaban J connectivity index is 2.55. The van der Waals surface area contributed by atoms with E-state index in [1.807, 2.05) is 0 Å². The van der Waals surface area contributed by atoms with E-state index in [4.69, 9.17) is 0 Å². The molecular formula is C17H24O2. The molecule has 0 heterocycles.